The molecule has 3 rings (SSSR count). The molecule has 6 heteroatoms. The van der Waals surface area contributed by atoms with E-state index in [2.05, 4.69) is 5.32 Å². The van der Waals surface area contributed by atoms with E-state index in [0.29, 0.717) is 17.3 Å². The quantitative estimate of drug-likeness (QED) is 0.891. The number of benzene rings is 1. The molecule has 2 saturated heterocycles. The molecular weight excluding hydrogens is 290 g/mol. The summed E-state index contributed by atoms with van der Waals surface area (Å²) in [5.74, 6) is -0.206. The standard InChI is InChI=1S/C15H18ClN3O2/c16-12-3-1-2-4-13(12)19-10-11(9-14(19)20)15(21)18-7-5-17-6-8-18/h1-4,11,17H,5-10H2. The summed E-state index contributed by atoms with van der Waals surface area (Å²) in [6, 6.07) is 7.25. The van der Waals surface area contributed by atoms with Crippen molar-refractivity contribution in [1.29, 1.82) is 0 Å². The van der Waals surface area contributed by atoms with Crippen molar-refractivity contribution in [3.63, 3.8) is 0 Å². The van der Waals surface area contributed by atoms with Gasteiger partial charge in [0.25, 0.3) is 0 Å². The lowest BCUT2D eigenvalue weighted by Crippen LogP contribution is -2.48. The van der Waals surface area contributed by atoms with Crippen molar-refractivity contribution in [2.45, 2.75) is 6.42 Å². The van der Waals surface area contributed by atoms with Crippen molar-refractivity contribution < 1.29 is 9.59 Å². The number of hydrogen-bond donors (Lipinski definition) is 1. The lowest BCUT2D eigenvalue weighted by molar-refractivity contribution is -0.136. The van der Waals surface area contributed by atoms with Crippen LogP contribution in [0.15, 0.2) is 24.3 Å². The van der Waals surface area contributed by atoms with Gasteiger partial charge in [0.05, 0.1) is 16.6 Å². The van der Waals surface area contributed by atoms with Crippen LogP contribution in [0.5, 0.6) is 0 Å². The van der Waals surface area contributed by atoms with Crippen molar-refractivity contribution in [3.8, 4) is 0 Å². The molecular formula is C15H18ClN3O2. The van der Waals surface area contributed by atoms with Crippen molar-refractivity contribution in [2.24, 2.45) is 5.92 Å². The molecule has 0 spiro atoms. The second-order valence-electron chi connectivity index (χ2n) is 5.43. The predicted molar refractivity (Wildman–Crippen MR) is 81.4 cm³/mol. The molecule has 0 aromatic heterocycles. The number of nitrogens with one attached hydrogen (secondary N) is 1. The fraction of sp³-hybridized carbons (Fsp3) is 0.467. The third kappa shape index (κ3) is 2.89. The number of carbonyl (C=O) groups is 2. The predicted octanol–water partition coefficient (Wildman–Crippen LogP) is 1.12. The van der Waals surface area contributed by atoms with Gasteiger partial charge in [-0.2, -0.15) is 0 Å². The smallest absolute Gasteiger partial charge is 0.228 e. The fourth-order valence-electron chi connectivity index (χ4n) is 2.92. The van der Waals surface area contributed by atoms with Gasteiger partial charge in [-0.15, -0.1) is 0 Å². The Kier molecular flexibility index (Phi) is 4.12. The van der Waals surface area contributed by atoms with E-state index in [1.165, 1.54) is 0 Å². The molecule has 2 amide bonds. The summed E-state index contributed by atoms with van der Waals surface area (Å²) in [5, 5.41) is 3.77. The van der Waals surface area contributed by atoms with Gasteiger partial charge >= 0.3 is 0 Å². The van der Waals surface area contributed by atoms with Crippen LogP contribution in [-0.4, -0.2) is 49.4 Å². The second kappa shape index (κ2) is 6.03. The number of carbonyl (C=O) groups excluding carboxylic acids is 2. The first-order valence-electron chi connectivity index (χ1n) is 7.21. The Balaban J connectivity index is 1.72. The van der Waals surface area contributed by atoms with Crippen molar-refractivity contribution in [1.82, 2.24) is 10.2 Å². The highest BCUT2D eigenvalue weighted by Gasteiger charge is 2.37. The normalized spacial score (nSPS) is 22.7. The monoisotopic (exact) mass is 307 g/mol. The van der Waals surface area contributed by atoms with E-state index < -0.39 is 0 Å². The molecule has 2 fully saturated rings. The Morgan fingerprint density at radius 1 is 1.24 bits per heavy atom. The van der Waals surface area contributed by atoms with Gasteiger partial charge in [0.15, 0.2) is 0 Å². The molecule has 1 atom stereocenters. The molecule has 1 N–H and O–H groups in total. The molecule has 1 aromatic rings. The van der Waals surface area contributed by atoms with Crippen molar-refractivity contribution in [3.05, 3.63) is 29.3 Å². The molecule has 0 aliphatic carbocycles. The number of rotatable bonds is 2. The minimum absolute atomic E-state index is 0.0309. The second-order valence-corrected chi connectivity index (χ2v) is 5.84. The van der Waals surface area contributed by atoms with Gasteiger partial charge in [0.2, 0.25) is 11.8 Å². The highest BCUT2D eigenvalue weighted by atomic mass is 35.5. The summed E-state index contributed by atoms with van der Waals surface area (Å²) >= 11 is 6.15. The third-order valence-electron chi connectivity index (χ3n) is 4.05. The Morgan fingerprint density at radius 3 is 2.67 bits per heavy atom. The van der Waals surface area contributed by atoms with Crippen LogP contribution in [0.4, 0.5) is 5.69 Å². The molecule has 21 heavy (non-hydrogen) atoms. The Morgan fingerprint density at radius 2 is 1.95 bits per heavy atom. The molecule has 1 unspecified atom stereocenters. The van der Waals surface area contributed by atoms with Crippen LogP contribution in [0.3, 0.4) is 0 Å². The zero-order valence-electron chi connectivity index (χ0n) is 11.7. The van der Waals surface area contributed by atoms with Crippen LogP contribution < -0.4 is 10.2 Å². The van der Waals surface area contributed by atoms with Crippen LogP contribution in [0.2, 0.25) is 5.02 Å². The number of piperazine rings is 1. The summed E-state index contributed by atoms with van der Waals surface area (Å²) in [6.07, 6.45) is 0.272. The van der Waals surface area contributed by atoms with Crippen LogP contribution in [-0.2, 0) is 9.59 Å². The first kappa shape index (κ1) is 14.4. The van der Waals surface area contributed by atoms with E-state index in [4.69, 9.17) is 11.6 Å². The van der Waals surface area contributed by atoms with Crippen molar-refractivity contribution in [2.75, 3.05) is 37.6 Å². The summed E-state index contributed by atoms with van der Waals surface area (Å²) in [6.45, 7) is 3.50. The van der Waals surface area contributed by atoms with Crippen molar-refractivity contribution >= 4 is 29.1 Å². The Hall–Kier alpha value is -1.59. The van der Waals surface area contributed by atoms with Gasteiger partial charge in [-0.25, -0.2) is 0 Å². The minimum atomic E-state index is -0.258. The summed E-state index contributed by atoms with van der Waals surface area (Å²) in [7, 11) is 0. The third-order valence-corrected chi connectivity index (χ3v) is 4.37. The maximum absolute atomic E-state index is 12.5. The molecule has 1 aromatic carbocycles. The van der Waals surface area contributed by atoms with Gasteiger partial charge in [-0.05, 0) is 12.1 Å². The van der Waals surface area contributed by atoms with Gasteiger partial charge < -0.3 is 15.1 Å². The zero-order chi connectivity index (χ0) is 14.8. The molecule has 0 radical (unpaired) electrons. The van der Waals surface area contributed by atoms with Crippen LogP contribution in [0, 0.1) is 5.92 Å². The summed E-state index contributed by atoms with van der Waals surface area (Å²) in [5.41, 5.74) is 0.694. The number of hydrogen-bond acceptors (Lipinski definition) is 3. The average Bonchev–Trinajstić information content (AvgIpc) is 2.90. The van der Waals surface area contributed by atoms with E-state index in [1.807, 2.05) is 23.1 Å². The number of amides is 2. The number of anilines is 1. The molecule has 2 aliphatic rings. The van der Waals surface area contributed by atoms with E-state index in [1.54, 1.807) is 11.0 Å². The number of para-hydroxylation sites is 1. The highest BCUT2D eigenvalue weighted by Crippen LogP contribution is 2.31. The van der Waals surface area contributed by atoms with E-state index in [9.17, 15) is 9.59 Å². The van der Waals surface area contributed by atoms with Crippen LogP contribution in [0.1, 0.15) is 6.42 Å². The SMILES string of the molecule is O=C(C1CC(=O)N(c2ccccc2Cl)C1)N1CCNCC1. The van der Waals surface area contributed by atoms with Gasteiger partial charge in [0.1, 0.15) is 0 Å². The molecule has 0 saturated carbocycles. The Bertz CT molecular complexity index is 558. The molecule has 0 bridgehead atoms. The lowest BCUT2D eigenvalue weighted by Gasteiger charge is -2.29. The number of halogens is 1. The van der Waals surface area contributed by atoms with Gasteiger partial charge in [0, 0.05) is 39.1 Å². The summed E-state index contributed by atoms with van der Waals surface area (Å²) < 4.78 is 0. The molecule has 112 valence electrons. The maximum Gasteiger partial charge on any atom is 0.228 e. The molecule has 5 nitrogen and oxygen atoms in total. The lowest BCUT2D eigenvalue weighted by atomic mass is 10.1. The molecule has 2 heterocycles. The van der Waals surface area contributed by atoms with Crippen LogP contribution >= 0.6 is 11.6 Å². The van der Waals surface area contributed by atoms with Gasteiger partial charge in [-0.1, -0.05) is 23.7 Å². The van der Waals surface area contributed by atoms with E-state index in [-0.39, 0.29) is 24.2 Å². The maximum atomic E-state index is 12.5. The number of nitrogens with zero attached hydrogens (tertiary/aromatic N) is 2. The Labute approximate surface area is 128 Å². The van der Waals surface area contributed by atoms with Gasteiger partial charge in [-0.3, -0.25) is 9.59 Å². The first-order chi connectivity index (χ1) is 10.2. The fourth-order valence-corrected chi connectivity index (χ4v) is 3.16. The topological polar surface area (TPSA) is 52.7 Å². The van der Waals surface area contributed by atoms with E-state index >= 15 is 0 Å². The van der Waals surface area contributed by atoms with Crippen LogP contribution in [0.25, 0.3) is 0 Å². The van der Waals surface area contributed by atoms with E-state index in [0.717, 1.165) is 26.2 Å². The average molecular weight is 308 g/mol. The first-order valence-corrected chi connectivity index (χ1v) is 7.59. The minimum Gasteiger partial charge on any atom is -0.340 e. The zero-order valence-corrected chi connectivity index (χ0v) is 12.5. The highest BCUT2D eigenvalue weighted by molar-refractivity contribution is 6.33. The molecule has 2 aliphatic heterocycles. The summed E-state index contributed by atoms with van der Waals surface area (Å²) in [4.78, 5) is 28.2. The largest absolute Gasteiger partial charge is 0.340 e.